The normalized spacial score (nSPS) is 16.7. The van der Waals surface area contributed by atoms with E-state index in [-0.39, 0.29) is 18.6 Å². The summed E-state index contributed by atoms with van der Waals surface area (Å²) in [6, 6.07) is 4.25. The first-order valence-corrected chi connectivity index (χ1v) is 8.04. The van der Waals surface area contributed by atoms with E-state index in [0.29, 0.717) is 0 Å². The topological polar surface area (TPSA) is 67.0 Å². The van der Waals surface area contributed by atoms with Gasteiger partial charge in [-0.25, -0.2) is 0 Å². The molecule has 0 saturated heterocycles. The molecular formula is C18H23N3O2. The summed E-state index contributed by atoms with van der Waals surface area (Å²) in [7, 11) is 0. The number of aromatic nitrogens is 2. The molecule has 1 atom stereocenters. The van der Waals surface area contributed by atoms with Gasteiger partial charge < -0.3 is 10.1 Å². The van der Waals surface area contributed by atoms with Gasteiger partial charge in [-0.1, -0.05) is 12.1 Å². The molecule has 5 heteroatoms. The molecule has 0 radical (unpaired) electrons. The van der Waals surface area contributed by atoms with E-state index in [1.54, 1.807) is 0 Å². The Morgan fingerprint density at radius 2 is 2.13 bits per heavy atom. The Morgan fingerprint density at radius 3 is 2.96 bits per heavy atom. The second-order valence-electron chi connectivity index (χ2n) is 6.32. The Hall–Kier alpha value is -2.30. The number of hydrogen-bond donors (Lipinski definition) is 2. The second-order valence-corrected chi connectivity index (χ2v) is 6.32. The molecule has 0 aliphatic heterocycles. The Labute approximate surface area is 136 Å². The van der Waals surface area contributed by atoms with Crippen LogP contribution in [0, 0.1) is 20.8 Å². The Balaban J connectivity index is 1.56. The largest absolute Gasteiger partial charge is 0.483 e. The number of rotatable bonds is 4. The molecule has 1 unspecified atom stereocenters. The third kappa shape index (κ3) is 3.38. The average molecular weight is 313 g/mol. The van der Waals surface area contributed by atoms with Crippen molar-refractivity contribution in [2.24, 2.45) is 0 Å². The number of H-pyrrole nitrogens is 1. The van der Waals surface area contributed by atoms with Crippen LogP contribution >= 0.6 is 0 Å². The minimum Gasteiger partial charge on any atom is -0.483 e. The molecule has 0 saturated carbocycles. The van der Waals surface area contributed by atoms with Crippen LogP contribution in [0.3, 0.4) is 0 Å². The lowest BCUT2D eigenvalue weighted by Crippen LogP contribution is -2.41. The molecule has 0 bridgehead atoms. The minimum atomic E-state index is -0.0710. The zero-order valence-electron chi connectivity index (χ0n) is 13.9. The summed E-state index contributed by atoms with van der Waals surface area (Å²) in [6.07, 6.45) is 4.58. The summed E-state index contributed by atoms with van der Waals surface area (Å²) in [5, 5.41) is 10.1. The lowest BCUT2D eigenvalue weighted by Gasteiger charge is -2.23. The number of carbonyl (C=O) groups is 1. The van der Waals surface area contributed by atoms with Crippen LogP contribution < -0.4 is 10.1 Å². The van der Waals surface area contributed by atoms with Gasteiger partial charge in [0.15, 0.2) is 6.61 Å². The predicted molar refractivity (Wildman–Crippen MR) is 88.7 cm³/mol. The molecule has 2 N–H and O–H groups in total. The molecule has 1 heterocycles. The van der Waals surface area contributed by atoms with Gasteiger partial charge in [-0.15, -0.1) is 0 Å². The first-order chi connectivity index (χ1) is 11.0. The highest BCUT2D eigenvalue weighted by atomic mass is 16.5. The number of ether oxygens (including phenoxy) is 1. The van der Waals surface area contributed by atoms with Gasteiger partial charge in [0.1, 0.15) is 5.75 Å². The Bertz CT molecular complexity index is 721. The highest BCUT2D eigenvalue weighted by Gasteiger charge is 2.21. The number of amides is 1. The number of hydrogen-bond acceptors (Lipinski definition) is 3. The van der Waals surface area contributed by atoms with Crippen molar-refractivity contribution in [3.05, 3.63) is 46.3 Å². The number of nitrogens with zero attached hydrogens (tertiary/aromatic N) is 1. The van der Waals surface area contributed by atoms with Crippen LogP contribution in [0.1, 0.15) is 34.4 Å². The molecule has 1 aromatic carbocycles. The van der Waals surface area contributed by atoms with Gasteiger partial charge in [-0.05, 0) is 55.9 Å². The van der Waals surface area contributed by atoms with Gasteiger partial charge in [-0.3, -0.25) is 9.89 Å². The maximum atomic E-state index is 12.2. The summed E-state index contributed by atoms with van der Waals surface area (Å²) >= 11 is 0. The smallest absolute Gasteiger partial charge is 0.258 e. The maximum Gasteiger partial charge on any atom is 0.258 e. The van der Waals surface area contributed by atoms with Crippen LogP contribution in [0.2, 0.25) is 0 Å². The summed E-state index contributed by atoms with van der Waals surface area (Å²) in [4.78, 5) is 12.2. The number of fused-ring (bicyclic) bond motifs is 1. The average Bonchev–Trinajstić information content (AvgIpc) is 2.99. The van der Waals surface area contributed by atoms with E-state index in [2.05, 4.69) is 21.6 Å². The Kier molecular flexibility index (Phi) is 4.37. The van der Waals surface area contributed by atoms with E-state index < -0.39 is 0 Å². The van der Waals surface area contributed by atoms with Gasteiger partial charge >= 0.3 is 0 Å². The molecule has 23 heavy (non-hydrogen) atoms. The number of carbonyl (C=O) groups excluding carboxylic acids is 1. The molecule has 1 amide bonds. The lowest BCUT2D eigenvalue weighted by atomic mass is 9.94. The van der Waals surface area contributed by atoms with Gasteiger partial charge in [0, 0.05) is 18.2 Å². The Morgan fingerprint density at radius 1 is 1.35 bits per heavy atom. The van der Waals surface area contributed by atoms with Crippen molar-refractivity contribution >= 4 is 5.91 Å². The van der Waals surface area contributed by atoms with E-state index in [4.69, 9.17) is 4.74 Å². The van der Waals surface area contributed by atoms with Crippen molar-refractivity contribution in [3.8, 4) is 5.75 Å². The third-order valence-electron chi connectivity index (χ3n) is 4.61. The summed E-state index contributed by atoms with van der Waals surface area (Å²) in [6.45, 7) is 6.13. The number of benzene rings is 1. The molecule has 0 fully saturated rings. The van der Waals surface area contributed by atoms with Crippen LogP contribution in [0.4, 0.5) is 0 Å². The van der Waals surface area contributed by atoms with Crippen molar-refractivity contribution in [3.63, 3.8) is 0 Å². The molecule has 1 aliphatic carbocycles. The number of aryl methyl sites for hydroxylation is 3. The highest BCUT2D eigenvalue weighted by molar-refractivity contribution is 5.78. The standard InChI is InChI=1S/C18H23N3O2/c1-11-4-5-12(2)18(13(11)3)23-10-17(22)20-15-7-6-14-9-19-21-16(14)8-15/h4-5,9,15H,6-8,10H2,1-3H3,(H,19,21)(H,20,22). The summed E-state index contributed by atoms with van der Waals surface area (Å²) in [5.41, 5.74) is 5.72. The SMILES string of the molecule is Cc1ccc(C)c(OCC(=O)NC2CCc3cn[nH]c3C2)c1C. The fourth-order valence-corrected chi connectivity index (χ4v) is 3.09. The fraction of sp³-hybridized carbons (Fsp3) is 0.444. The van der Waals surface area contributed by atoms with Crippen LogP contribution in [0.5, 0.6) is 5.75 Å². The molecule has 3 rings (SSSR count). The molecular weight excluding hydrogens is 290 g/mol. The van der Waals surface area contributed by atoms with Crippen molar-refractivity contribution in [2.75, 3.05) is 6.61 Å². The maximum absolute atomic E-state index is 12.2. The molecule has 1 aromatic heterocycles. The lowest BCUT2D eigenvalue weighted by molar-refractivity contribution is -0.123. The molecule has 5 nitrogen and oxygen atoms in total. The molecule has 122 valence electrons. The first kappa shape index (κ1) is 15.6. The van der Waals surface area contributed by atoms with Crippen molar-refractivity contribution in [1.82, 2.24) is 15.5 Å². The fourth-order valence-electron chi connectivity index (χ4n) is 3.09. The van der Waals surface area contributed by atoms with Crippen molar-refractivity contribution in [2.45, 2.75) is 46.1 Å². The van der Waals surface area contributed by atoms with Gasteiger partial charge in [0.05, 0.1) is 6.20 Å². The van der Waals surface area contributed by atoms with E-state index in [0.717, 1.165) is 41.8 Å². The van der Waals surface area contributed by atoms with Gasteiger partial charge in [-0.2, -0.15) is 5.10 Å². The molecule has 1 aliphatic rings. The van der Waals surface area contributed by atoms with Gasteiger partial charge in [0.2, 0.25) is 0 Å². The predicted octanol–water partition coefficient (Wildman–Crippen LogP) is 2.39. The van der Waals surface area contributed by atoms with Crippen LogP contribution in [-0.4, -0.2) is 28.8 Å². The van der Waals surface area contributed by atoms with Crippen LogP contribution in [-0.2, 0) is 17.6 Å². The summed E-state index contributed by atoms with van der Waals surface area (Å²) in [5.74, 6) is 0.748. The van der Waals surface area contributed by atoms with E-state index in [1.165, 1.54) is 11.1 Å². The molecule has 0 spiro atoms. The molecule has 2 aromatic rings. The number of aromatic amines is 1. The quantitative estimate of drug-likeness (QED) is 0.911. The van der Waals surface area contributed by atoms with Gasteiger partial charge in [0.25, 0.3) is 5.91 Å². The number of nitrogens with one attached hydrogen (secondary N) is 2. The monoisotopic (exact) mass is 313 g/mol. The minimum absolute atomic E-state index is 0.0530. The zero-order chi connectivity index (χ0) is 16.4. The second kappa shape index (κ2) is 6.44. The van der Waals surface area contributed by atoms with Crippen LogP contribution in [0.15, 0.2) is 18.3 Å². The third-order valence-corrected chi connectivity index (χ3v) is 4.61. The summed E-state index contributed by atoms with van der Waals surface area (Å²) < 4.78 is 5.77. The van der Waals surface area contributed by atoms with E-state index in [9.17, 15) is 4.79 Å². The van der Waals surface area contributed by atoms with E-state index >= 15 is 0 Å². The highest BCUT2D eigenvalue weighted by Crippen LogP contribution is 2.25. The zero-order valence-corrected chi connectivity index (χ0v) is 13.9. The van der Waals surface area contributed by atoms with E-state index in [1.807, 2.05) is 33.0 Å². The van der Waals surface area contributed by atoms with Crippen LogP contribution in [0.25, 0.3) is 0 Å². The first-order valence-electron chi connectivity index (χ1n) is 8.04. The van der Waals surface area contributed by atoms with Crippen molar-refractivity contribution < 1.29 is 9.53 Å². The van der Waals surface area contributed by atoms with Crippen molar-refractivity contribution in [1.29, 1.82) is 0 Å².